The Morgan fingerprint density at radius 3 is 2.86 bits per heavy atom. The predicted octanol–water partition coefficient (Wildman–Crippen LogP) is 2.07. The zero-order valence-corrected chi connectivity index (χ0v) is 16.6. The Bertz CT molecular complexity index is 691. The van der Waals surface area contributed by atoms with Crippen molar-refractivity contribution in [2.75, 3.05) is 39.4 Å². The third-order valence-corrected chi connectivity index (χ3v) is 5.08. The maximum Gasteiger partial charge on any atom is 0.242 e. The van der Waals surface area contributed by atoms with Gasteiger partial charge in [0.25, 0.3) is 0 Å². The summed E-state index contributed by atoms with van der Waals surface area (Å²) in [5.74, 6) is -0.280. The molecule has 3 rings (SSSR count). The van der Waals surface area contributed by atoms with E-state index in [2.05, 4.69) is 13.8 Å². The third-order valence-electron chi connectivity index (χ3n) is 5.08. The lowest BCUT2D eigenvalue weighted by atomic mass is 10.1. The highest BCUT2D eigenvalue weighted by atomic mass is 19.1. The number of hydrogen-bond donors (Lipinski definition) is 0. The van der Waals surface area contributed by atoms with E-state index in [0.717, 1.165) is 5.56 Å². The Hall–Kier alpha value is -1.99. The number of ether oxygens (including phenoxy) is 2. The predicted molar refractivity (Wildman–Crippen MR) is 102 cm³/mol. The second-order valence-corrected chi connectivity index (χ2v) is 8.03. The van der Waals surface area contributed by atoms with Gasteiger partial charge in [-0.05, 0) is 30.0 Å². The standard InChI is InChI=1S/C21H29FN2O4/c1-15(2)9-23-10-19(28-13-16-4-3-5-18(22)8-16)11-24(12-20(23)25)21(26)17-6-7-27-14-17/h3-5,8,15,17,19H,6-7,9-14H2,1-2H3/t17-,19-/m0/s1. The number of rotatable bonds is 6. The normalized spacial score (nSPS) is 23.4. The van der Waals surface area contributed by atoms with Crippen LogP contribution < -0.4 is 0 Å². The fraction of sp³-hybridized carbons (Fsp3) is 0.619. The van der Waals surface area contributed by atoms with Crippen molar-refractivity contribution < 1.29 is 23.5 Å². The van der Waals surface area contributed by atoms with E-state index < -0.39 is 0 Å². The highest BCUT2D eigenvalue weighted by molar-refractivity contribution is 5.86. The molecule has 1 aromatic rings. The molecule has 1 aromatic carbocycles. The van der Waals surface area contributed by atoms with Gasteiger partial charge in [-0.25, -0.2) is 4.39 Å². The van der Waals surface area contributed by atoms with E-state index in [4.69, 9.17) is 9.47 Å². The van der Waals surface area contributed by atoms with Gasteiger partial charge in [0.2, 0.25) is 11.8 Å². The first-order valence-corrected chi connectivity index (χ1v) is 9.92. The van der Waals surface area contributed by atoms with Gasteiger partial charge in [-0.15, -0.1) is 0 Å². The van der Waals surface area contributed by atoms with E-state index >= 15 is 0 Å². The van der Waals surface area contributed by atoms with E-state index in [-0.39, 0.29) is 42.8 Å². The lowest BCUT2D eigenvalue weighted by molar-refractivity contribution is -0.141. The summed E-state index contributed by atoms with van der Waals surface area (Å²) in [7, 11) is 0. The fourth-order valence-corrected chi connectivity index (χ4v) is 3.70. The van der Waals surface area contributed by atoms with Crippen LogP contribution in [0.15, 0.2) is 24.3 Å². The monoisotopic (exact) mass is 392 g/mol. The summed E-state index contributed by atoms with van der Waals surface area (Å²) in [6, 6.07) is 6.27. The molecule has 0 aromatic heterocycles. The number of carbonyl (C=O) groups is 2. The SMILES string of the molecule is CC(C)CN1C[C@H](OCc2cccc(F)c2)CN(C(=O)[C@H]2CCOC2)CC1=O. The minimum absolute atomic E-state index is 0.0448. The van der Waals surface area contributed by atoms with Gasteiger partial charge in [-0.3, -0.25) is 9.59 Å². The number of halogens is 1. The molecule has 154 valence electrons. The van der Waals surface area contributed by atoms with Gasteiger partial charge < -0.3 is 19.3 Å². The number of hydrogen-bond acceptors (Lipinski definition) is 4. The van der Waals surface area contributed by atoms with Crippen LogP contribution in [-0.2, 0) is 25.7 Å². The molecule has 2 heterocycles. The highest BCUT2D eigenvalue weighted by Gasteiger charge is 2.35. The molecule has 2 fully saturated rings. The van der Waals surface area contributed by atoms with Crippen LogP contribution in [0, 0.1) is 17.7 Å². The van der Waals surface area contributed by atoms with Crippen LogP contribution in [0.2, 0.25) is 0 Å². The quantitative estimate of drug-likeness (QED) is 0.744. The summed E-state index contributed by atoms with van der Waals surface area (Å²) in [5, 5.41) is 0. The Morgan fingerprint density at radius 1 is 1.36 bits per heavy atom. The average Bonchev–Trinajstić information content (AvgIpc) is 3.13. The van der Waals surface area contributed by atoms with E-state index in [1.54, 1.807) is 21.9 Å². The molecule has 0 unspecified atom stereocenters. The first kappa shape index (κ1) is 20.7. The minimum atomic E-state index is -0.320. The molecule has 0 saturated carbocycles. The molecule has 0 radical (unpaired) electrons. The number of nitrogens with zero attached hydrogens (tertiary/aromatic N) is 2. The zero-order valence-electron chi connectivity index (χ0n) is 16.6. The number of carbonyl (C=O) groups excluding carboxylic acids is 2. The molecule has 2 amide bonds. The highest BCUT2D eigenvalue weighted by Crippen LogP contribution is 2.19. The second kappa shape index (κ2) is 9.47. The topological polar surface area (TPSA) is 59.1 Å². The molecular formula is C21H29FN2O4. The third kappa shape index (κ3) is 5.52. The second-order valence-electron chi connectivity index (χ2n) is 8.03. The van der Waals surface area contributed by atoms with Crippen LogP contribution in [0.4, 0.5) is 4.39 Å². The van der Waals surface area contributed by atoms with Crippen molar-refractivity contribution in [2.45, 2.75) is 33.0 Å². The smallest absolute Gasteiger partial charge is 0.242 e. The molecule has 7 heteroatoms. The van der Waals surface area contributed by atoms with Crippen molar-refractivity contribution in [2.24, 2.45) is 11.8 Å². The first-order chi connectivity index (χ1) is 13.4. The molecule has 6 nitrogen and oxygen atoms in total. The molecule has 0 spiro atoms. The summed E-state index contributed by atoms with van der Waals surface area (Å²) in [6.45, 7) is 6.81. The van der Waals surface area contributed by atoms with Crippen molar-refractivity contribution in [3.8, 4) is 0 Å². The molecule has 0 aliphatic carbocycles. The van der Waals surface area contributed by atoms with E-state index in [1.165, 1.54) is 12.1 Å². The maximum atomic E-state index is 13.4. The molecule has 2 saturated heterocycles. The van der Waals surface area contributed by atoms with Crippen LogP contribution in [0.5, 0.6) is 0 Å². The molecule has 2 atom stereocenters. The molecule has 28 heavy (non-hydrogen) atoms. The van der Waals surface area contributed by atoms with Crippen molar-refractivity contribution >= 4 is 11.8 Å². The summed E-state index contributed by atoms with van der Waals surface area (Å²) >= 11 is 0. The molecule has 0 bridgehead atoms. The van der Waals surface area contributed by atoms with Gasteiger partial charge in [0, 0.05) is 26.2 Å². The van der Waals surface area contributed by atoms with Gasteiger partial charge in [0.1, 0.15) is 5.82 Å². The van der Waals surface area contributed by atoms with Crippen molar-refractivity contribution in [3.63, 3.8) is 0 Å². The van der Waals surface area contributed by atoms with Crippen LogP contribution in [-0.4, -0.2) is 67.1 Å². The van der Waals surface area contributed by atoms with Gasteiger partial charge >= 0.3 is 0 Å². The summed E-state index contributed by atoms with van der Waals surface area (Å²) in [4.78, 5) is 29.0. The van der Waals surface area contributed by atoms with E-state index in [0.29, 0.717) is 45.2 Å². The van der Waals surface area contributed by atoms with Gasteiger partial charge in [0.05, 0.1) is 31.8 Å². The molecule has 2 aliphatic rings. The number of benzene rings is 1. The molecular weight excluding hydrogens is 363 g/mol. The first-order valence-electron chi connectivity index (χ1n) is 9.92. The lowest BCUT2D eigenvalue weighted by Crippen LogP contribution is -2.43. The van der Waals surface area contributed by atoms with E-state index in [1.807, 2.05) is 0 Å². The fourth-order valence-electron chi connectivity index (χ4n) is 3.70. The van der Waals surface area contributed by atoms with Crippen LogP contribution in [0.3, 0.4) is 0 Å². The Morgan fingerprint density at radius 2 is 2.18 bits per heavy atom. The van der Waals surface area contributed by atoms with Crippen molar-refractivity contribution in [1.29, 1.82) is 0 Å². The van der Waals surface area contributed by atoms with Gasteiger partial charge in [-0.1, -0.05) is 26.0 Å². The van der Waals surface area contributed by atoms with Gasteiger partial charge in [0.15, 0.2) is 0 Å². The lowest BCUT2D eigenvalue weighted by Gasteiger charge is -2.26. The summed E-state index contributed by atoms with van der Waals surface area (Å²) in [5.41, 5.74) is 0.730. The van der Waals surface area contributed by atoms with Crippen LogP contribution in [0.25, 0.3) is 0 Å². The van der Waals surface area contributed by atoms with Crippen molar-refractivity contribution in [3.05, 3.63) is 35.6 Å². The zero-order chi connectivity index (χ0) is 20.1. The Kier molecular flexibility index (Phi) is 7.02. The van der Waals surface area contributed by atoms with Crippen LogP contribution in [0.1, 0.15) is 25.8 Å². The molecule has 0 N–H and O–H groups in total. The van der Waals surface area contributed by atoms with E-state index in [9.17, 15) is 14.0 Å². The summed E-state index contributed by atoms with van der Waals surface area (Å²) < 4.78 is 24.8. The Balaban J connectivity index is 1.71. The van der Waals surface area contributed by atoms with Gasteiger partial charge in [-0.2, -0.15) is 0 Å². The van der Waals surface area contributed by atoms with Crippen molar-refractivity contribution in [1.82, 2.24) is 9.80 Å². The average molecular weight is 392 g/mol. The Labute approximate surface area is 165 Å². The minimum Gasteiger partial charge on any atom is -0.381 e. The summed E-state index contributed by atoms with van der Waals surface area (Å²) in [6.07, 6.45) is 0.369. The maximum absolute atomic E-state index is 13.4. The largest absolute Gasteiger partial charge is 0.381 e. The molecule has 2 aliphatic heterocycles. The van der Waals surface area contributed by atoms with Crippen LogP contribution >= 0.6 is 0 Å². The number of amides is 2.